The normalized spacial score (nSPS) is 12.1. The Labute approximate surface area is 116 Å². The highest BCUT2D eigenvalue weighted by atomic mass is 19.1. The number of halogens is 1. The largest absolute Gasteiger partial charge is 0.306 e. The summed E-state index contributed by atoms with van der Waals surface area (Å²) in [5.41, 5.74) is 1.59. The van der Waals surface area contributed by atoms with Gasteiger partial charge in [-0.15, -0.1) is 0 Å². The van der Waals surface area contributed by atoms with E-state index in [0.717, 1.165) is 5.56 Å². The van der Waals surface area contributed by atoms with Crippen molar-refractivity contribution in [3.63, 3.8) is 0 Å². The second-order valence-electron chi connectivity index (χ2n) is 4.55. The first kappa shape index (κ1) is 14.1. The van der Waals surface area contributed by atoms with Crippen LogP contribution >= 0.6 is 0 Å². The van der Waals surface area contributed by atoms with E-state index in [1.165, 1.54) is 18.2 Å². The zero-order valence-corrected chi connectivity index (χ0v) is 11.0. The van der Waals surface area contributed by atoms with Gasteiger partial charge < -0.3 is 5.32 Å². The minimum atomic E-state index is -0.431. The van der Waals surface area contributed by atoms with Crippen molar-refractivity contribution in [2.75, 3.05) is 0 Å². The fourth-order valence-corrected chi connectivity index (χ4v) is 1.94. The molecule has 0 aromatic heterocycles. The van der Waals surface area contributed by atoms with Crippen molar-refractivity contribution < 1.29 is 9.31 Å². The molecule has 2 aromatic rings. The summed E-state index contributed by atoms with van der Waals surface area (Å²) in [4.78, 5) is 10.1. The summed E-state index contributed by atoms with van der Waals surface area (Å²) >= 11 is 0. The van der Waals surface area contributed by atoms with Crippen LogP contribution in [0.4, 0.5) is 10.1 Å². The number of rotatable bonds is 5. The molecule has 0 amide bonds. The van der Waals surface area contributed by atoms with Gasteiger partial charge >= 0.3 is 0 Å². The molecule has 1 N–H and O–H groups in total. The monoisotopic (exact) mass is 274 g/mol. The maximum absolute atomic E-state index is 13.6. The molecule has 2 aromatic carbocycles. The van der Waals surface area contributed by atoms with Crippen LogP contribution in [0.1, 0.15) is 24.1 Å². The minimum Gasteiger partial charge on any atom is -0.306 e. The van der Waals surface area contributed by atoms with E-state index in [2.05, 4.69) is 5.32 Å². The van der Waals surface area contributed by atoms with Crippen molar-refractivity contribution in [2.45, 2.75) is 19.5 Å². The quantitative estimate of drug-likeness (QED) is 0.669. The van der Waals surface area contributed by atoms with E-state index in [4.69, 9.17) is 0 Å². The Hall–Kier alpha value is -2.27. The maximum atomic E-state index is 13.6. The summed E-state index contributed by atoms with van der Waals surface area (Å²) in [6.07, 6.45) is 0. The molecule has 0 heterocycles. The standard InChI is InChI=1S/C15H15FN2O2/c1-11(14-4-2-3-5-15(14)16)17-10-12-6-8-13(9-7-12)18(19)20/h2-9,11,17H,10H2,1H3. The molecule has 2 rings (SSSR count). The van der Waals surface area contributed by atoms with E-state index < -0.39 is 4.92 Å². The lowest BCUT2D eigenvalue weighted by Crippen LogP contribution is -2.19. The van der Waals surface area contributed by atoms with Gasteiger partial charge in [-0.3, -0.25) is 10.1 Å². The van der Waals surface area contributed by atoms with Gasteiger partial charge in [-0.25, -0.2) is 4.39 Å². The highest BCUT2D eigenvalue weighted by Gasteiger charge is 2.10. The Morgan fingerprint density at radius 1 is 1.20 bits per heavy atom. The van der Waals surface area contributed by atoms with Crippen molar-refractivity contribution in [3.05, 3.63) is 75.6 Å². The number of nitrogens with one attached hydrogen (secondary N) is 1. The number of nitrogens with zero attached hydrogens (tertiary/aromatic N) is 1. The fraction of sp³-hybridized carbons (Fsp3) is 0.200. The predicted molar refractivity (Wildman–Crippen MR) is 74.8 cm³/mol. The Morgan fingerprint density at radius 2 is 1.85 bits per heavy atom. The molecule has 0 fully saturated rings. The topological polar surface area (TPSA) is 55.2 Å². The summed E-state index contributed by atoms with van der Waals surface area (Å²) in [7, 11) is 0. The molecule has 1 atom stereocenters. The Balaban J connectivity index is 1.98. The Kier molecular flexibility index (Phi) is 4.42. The van der Waals surface area contributed by atoms with Crippen LogP contribution in [0.15, 0.2) is 48.5 Å². The lowest BCUT2D eigenvalue weighted by Gasteiger charge is -2.15. The summed E-state index contributed by atoms with van der Waals surface area (Å²) in [6, 6.07) is 12.8. The van der Waals surface area contributed by atoms with Crippen molar-refractivity contribution in [1.82, 2.24) is 5.32 Å². The van der Waals surface area contributed by atoms with Crippen LogP contribution in [0.3, 0.4) is 0 Å². The number of hydrogen-bond acceptors (Lipinski definition) is 3. The highest BCUT2D eigenvalue weighted by Crippen LogP contribution is 2.17. The minimum absolute atomic E-state index is 0.0657. The molecule has 0 bridgehead atoms. The van der Waals surface area contributed by atoms with Gasteiger partial charge in [0.2, 0.25) is 0 Å². The van der Waals surface area contributed by atoms with E-state index in [1.807, 2.05) is 6.92 Å². The predicted octanol–water partition coefficient (Wildman–Crippen LogP) is 3.58. The van der Waals surface area contributed by atoms with Crippen LogP contribution in [0, 0.1) is 15.9 Å². The Bertz CT molecular complexity index is 599. The summed E-state index contributed by atoms with van der Waals surface area (Å²) in [6.45, 7) is 2.40. The van der Waals surface area contributed by atoms with Gasteiger partial charge in [0.1, 0.15) is 5.82 Å². The Morgan fingerprint density at radius 3 is 2.45 bits per heavy atom. The van der Waals surface area contributed by atoms with E-state index in [1.54, 1.807) is 30.3 Å². The second-order valence-corrected chi connectivity index (χ2v) is 4.55. The molecule has 5 heteroatoms. The first-order valence-corrected chi connectivity index (χ1v) is 6.29. The zero-order valence-electron chi connectivity index (χ0n) is 11.0. The van der Waals surface area contributed by atoms with Crippen molar-refractivity contribution in [3.8, 4) is 0 Å². The molecular formula is C15H15FN2O2. The third-order valence-electron chi connectivity index (χ3n) is 3.13. The molecule has 1 unspecified atom stereocenters. The van der Waals surface area contributed by atoms with Gasteiger partial charge in [0.25, 0.3) is 5.69 Å². The average molecular weight is 274 g/mol. The van der Waals surface area contributed by atoms with Gasteiger partial charge in [0, 0.05) is 30.3 Å². The number of nitro benzene ring substituents is 1. The van der Waals surface area contributed by atoms with Crippen LogP contribution < -0.4 is 5.32 Å². The number of non-ortho nitro benzene ring substituents is 1. The fourth-order valence-electron chi connectivity index (χ4n) is 1.94. The van der Waals surface area contributed by atoms with Gasteiger partial charge in [-0.2, -0.15) is 0 Å². The van der Waals surface area contributed by atoms with E-state index in [0.29, 0.717) is 12.1 Å². The number of nitro groups is 1. The number of benzene rings is 2. The molecule has 4 nitrogen and oxygen atoms in total. The van der Waals surface area contributed by atoms with Crippen LogP contribution in [0.25, 0.3) is 0 Å². The molecule has 20 heavy (non-hydrogen) atoms. The van der Waals surface area contributed by atoms with Crippen LogP contribution in [0.2, 0.25) is 0 Å². The maximum Gasteiger partial charge on any atom is 0.269 e. The zero-order chi connectivity index (χ0) is 14.5. The number of hydrogen-bond donors (Lipinski definition) is 1. The van der Waals surface area contributed by atoms with Crippen LogP contribution in [-0.2, 0) is 6.54 Å². The molecule has 0 aliphatic rings. The van der Waals surface area contributed by atoms with Crippen molar-refractivity contribution >= 4 is 5.69 Å². The van der Waals surface area contributed by atoms with Crippen molar-refractivity contribution in [2.24, 2.45) is 0 Å². The first-order chi connectivity index (χ1) is 9.58. The molecule has 0 radical (unpaired) electrons. The van der Waals surface area contributed by atoms with Gasteiger partial charge in [-0.05, 0) is 18.6 Å². The molecular weight excluding hydrogens is 259 g/mol. The molecule has 0 saturated carbocycles. The summed E-state index contributed by atoms with van der Waals surface area (Å²) in [5.74, 6) is -0.240. The third kappa shape index (κ3) is 3.39. The smallest absolute Gasteiger partial charge is 0.269 e. The van der Waals surface area contributed by atoms with Crippen LogP contribution in [0.5, 0.6) is 0 Å². The molecule has 0 aliphatic heterocycles. The summed E-state index contributed by atoms with van der Waals surface area (Å²) < 4.78 is 13.6. The molecule has 0 spiro atoms. The second kappa shape index (κ2) is 6.25. The average Bonchev–Trinajstić information content (AvgIpc) is 2.45. The summed E-state index contributed by atoms with van der Waals surface area (Å²) in [5, 5.41) is 13.7. The van der Waals surface area contributed by atoms with Crippen molar-refractivity contribution in [1.29, 1.82) is 0 Å². The SMILES string of the molecule is CC(NCc1ccc([N+](=O)[O-])cc1)c1ccccc1F. The van der Waals surface area contributed by atoms with E-state index >= 15 is 0 Å². The molecule has 0 saturated heterocycles. The first-order valence-electron chi connectivity index (χ1n) is 6.29. The van der Waals surface area contributed by atoms with Crippen LogP contribution in [-0.4, -0.2) is 4.92 Å². The van der Waals surface area contributed by atoms with E-state index in [9.17, 15) is 14.5 Å². The lowest BCUT2D eigenvalue weighted by atomic mass is 10.1. The van der Waals surface area contributed by atoms with E-state index in [-0.39, 0.29) is 17.5 Å². The van der Waals surface area contributed by atoms with Gasteiger partial charge in [0.05, 0.1) is 4.92 Å². The molecule has 104 valence electrons. The van der Waals surface area contributed by atoms with Gasteiger partial charge in [0.15, 0.2) is 0 Å². The molecule has 0 aliphatic carbocycles. The highest BCUT2D eigenvalue weighted by molar-refractivity contribution is 5.33. The third-order valence-corrected chi connectivity index (χ3v) is 3.13. The lowest BCUT2D eigenvalue weighted by molar-refractivity contribution is -0.384. The van der Waals surface area contributed by atoms with Gasteiger partial charge in [-0.1, -0.05) is 30.3 Å².